The van der Waals surface area contributed by atoms with Crippen LogP contribution < -0.4 is 5.73 Å². The molecule has 2 N–H and O–H groups in total. The van der Waals surface area contributed by atoms with E-state index in [4.69, 9.17) is 11.0 Å². The lowest BCUT2D eigenvalue weighted by Crippen LogP contribution is -2.33. The van der Waals surface area contributed by atoms with Crippen LogP contribution in [0, 0.1) is 11.3 Å². The largest absolute Gasteiger partial charge is 0.342 e. The van der Waals surface area contributed by atoms with Gasteiger partial charge in [0.15, 0.2) is 0 Å². The van der Waals surface area contributed by atoms with Gasteiger partial charge in [0, 0.05) is 19.6 Å². The summed E-state index contributed by atoms with van der Waals surface area (Å²) in [5.41, 5.74) is 7.62. The summed E-state index contributed by atoms with van der Waals surface area (Å²) < 4.78 is 0. The first-order valence-electron chi connectivity index (χ1n) is 6.14. The molecule has 0 aliphatic carbocycles. The van der Waals surface area contributed by atoms with Crippen LogP contribution in [0.15, 0.2) is 24.3 Å². The van der Waals surface area contributed by atoms with E-state index in [0.717, 1.165) is 11.1 Å². The maximum Gasteiger partial charge on any atom is 0.227 e. The third-order valence-electron chi connectivity index (χ3n) is 2.91. The lowest BCUT2D eigenvalue weighted by Gasteiger charge is -2.20. The summed E-state index contributed by atoms with van der Waals surface area (Å²) in [6.07, 6.45) is 0.727. The van der Waals surface area contributed by atoms with Gasteiger partial charge in [-0.15, -0.1) is 0 Å². The zero-order chi connectivity index (χ0) is 13.4. The van der Waals surface area contributed by atoms with Crippen LogP contribution in [0.3, 0.4) is 0 Å². The van der Waals surface area contributed by atoms with Crippen LogP contribution in [0.1, 0.15) is 24.5 Å². The summed E-state index contributed by atoms with van der Waals surface area (Å²) in [6.45, 7) is 3.49. The van der Waals surface area contributed by atoms with E-state index in [0.29, 0.717) is 32.5 Å². The van der Waals surface area contributed by atoms with Crippen molar-refractivity contribution in [1.29, 1.82) is 5.26 Å². The first-order chi connectivity index (χ1) is 8.72. The molecule has 4 nitrogen and oxygen atoms in total. The highest BCUT2D eigenvalue weighted by Gasteiger charge is 2.13. The molecule has 18 heavy (non-hydrogen) atoms. The third-order valence-corrected chi connectivity index (χ3v) is 2.91. The monoisotopic (exact) mass is 245 g/mol. The van der Waals surface area contributed by atoms with Crippen molar-refractivity contribution in [3.63, 3.8) is 0 Å². The standard InChI is InChI=1S/C14H19N3O/c1-2-17(9-5-8-15)14(18)10-12-6-3-4-7-13(12)11-16/h3-4,6-7H,2,5,9-11,16H2,1H3. The second-order valence-electron chi connectivity index (χ2n) is 4.03. The van der Waals surface area contributed by atoms with Gasteiger partial charge in [0.1, 0.15) is 0 Å². The molecule has 0 aliphatic heterocycles. The Balaban J connectivity index is 2.70. The smallest absolute Gasteiger partial charge is 0.227 e. The minimum Gasteiger partial charge on any atom is -0.342 e. The molecular weight excluding hydrogens is 226 g/mol. The number of benzene rings is 1. The highest BCUT2D eigenvalue weighted by molar-refractivity contribution is 5.79. The zero-order valence-electron chi connectivity index (χ0n) is 10.7. The van der Waals surface area contributed by atoms with E-state index in [1.807, 2.05) is 31.2 Å². The van der Waals surface area contributed by atoms with Gasteiger partial charge in [0.25, 0.3) is 0 Å². The highest BCUT2D eigenvalue weighted by atomic mass is 16.2. The second-order valence-corrected chi connectivity index (χ2v) is 4.03. The van der Waals surface area contributed by atoms with Crippen molar-refractivity contribution in [2.24, 2.45) is 5.73 Å². The van der Waals surface area contributed by atoms with Crippen molar-refractivity contribution in [3.05, 3.63) is 35.4 Å². The number of hydrogen-bond donors (Lipinski definition) is 1. The van der Waals surface area contributed by atoms with Gasteiger partial charge in [-0.25, -0.2) is 0 Å². The fraction of sp³-hybridized carbons (Fsp3) is 0.429. The average Bonchev–Trinajstić information content (AvgIpc) is 2.40. The zero-order valence-corrected chi connectivity index (χ0v) is 10.7. The number of carbonyl (C=O) groups is 1. The summed E-state index contributed by atoms with van der Waals surface area (Å²) in [4.78, 5) is 13.8. The van der Waals surface area contributed by atoms with Crippen molar-refractivity contribution in [2.75, 3.05) is 13.1 Å². The Morgan fingerprint density at radius 3 is 2.61 bits per heavy atom. The number of carbonyl (C=O) groups excluding carboxylic acids is 1. The quantitative estimate of drug-likeness (QED) is 0.824. The minimum absolute atomic E-state index is 0.0497. The van der Waals surface area contributed by atoms with Gasteiger partial charge in [-0.2, -0.15) is 5.26 Å². The normalized spacial score (nSPS) is 9.83. The molecule has 0 unspecified atom stereocenters. The number of nitrogens with two attached hydrogens (primary N) is 1. The summed E-state index contributed by atoms with van der Waals surface area (Å²) >= 11 is 0. The Labute approximate surface area is 108 Å². The van der Waals surface area contributed by atoms with Gasteiger partial charge >= 0.3 is 0 Å². The van der Waals surface area contributed by atoms with E-state index in [-0.39, 0.29) is 5.91 Å². The fourth-order valence-corrected chi connectivity index (χ4v) is 1.85. The molecular formula is C14H19N3O. The Morgan fingerprint density at radius 2 is 2.06 bits per heavy atom. The SMILES string of the molecule is CCN(CCC#N)C(=O)Cc1ccccc1CN. The molecule has 0 atom stereocenters. The van der Waals surface area contributed by atoms with Crippen molar-refractivity contribution < 1.29 is 4.79 Å². The summed E-state index contributed by atoms with van der Waals surface area (Å²) in [7, 11) is 0. The molecule has 1 aromatic carbocycles. The lowest BCUT2D eigenvalue weighted by molar-refractivity contribution is -0.130. The molecule has 0 bridgehead atoms. The molecule has 1 aromatic rings. The molecule has 4 heteroatoms. The van der Waals surface area contributed by atoms with E-state index in [1.165, 1.54) is 0 Å². The molecule has 1 amide bonds. The maximum absolute atomic E-state index is 12.1. The molecule has 0 aromatic heterocycles. The number of nitrogens with zero attached hydrogens (tertiary/aromatic N) is 2. The number of nitriles is 1. The molecule has 0 spiro atoms. The average molecular weight is 245 g/mol. The van der Waals surface area contributed by atoms with Crippen LogP contribution in [0.4, 0.5) is 0 Å². The van der Waals surface area contributed by atoms with Crippen molar-refractivity contribution >= 4 is 5.91 Å². The summed E-state index contributed by atoms with van der Waals surface area (Å²) in [6, 6.07) is 9.76. The molecule has 1 rings (SSSR count). The number of hydrogen-bond acceptors (Lipinski definition) is 3. The Morgan fingerprint density at radius 1 is 1.39 bits per heavy atom. The van der Waals surface area contributed by atoms with Crippen LogP contribution in [-0.2, 0) is 17.8 Å². The van der Waals surface area contributed by atoms with Crippen LogP contribution in [0.5, 0.6) is 0 Å². The lowest BCUT2D eigenvalue weighted by atomic mass is 10.0. The van der Waals surface area contributed by atoms with E-state index in [1.54, 1.807) is 4.90 Å². The third kappa shape index (κ3) is 3.86. The van der Waals surface area contributed by atoms with Gasteiger partial charge in [-0.1, -0.05) is 24.3 Å². The van der Waals surface area contributed by atoms with Crippen molar-refractivity contribution in [1.82, 2.24) is 4.90 Å². The first-order valence-corrected chi connectivity index (χ1v) is 6.14. The van der Waals surface area contributed by atoms with Crippen LogP contribution >= 0.6 is 0 Å². The molecule has 0 radical (unpaired) electrons. The summed E-state index contributed by atoms with van der Waals surface area (Å²) in [5.74, 6) is 0.0497. The minimum atomic E-state index is 0.0497. The van der Waals surface area contributed by atoms with Crippen molar-refractivity contribution in [2.45, 2.75) is 26.3 Å². The molecule has 0 saturated carbocycles. The van der Waals surface area contributed by atoms with E-state index < -0.39 is 0 Å². The molecule has 0 fully saturated rings. The van der Waals surface area contributed by atoms with Gasteiger partial charge < -0.3 is 10.6 Å². The molecule has 0 heterocycles. The van der Waals surface area contributed by atoms with Crippen LogP contribution in [0.25, 0.3) is 0 Å². The number of rotatable bonds is 6. The van der Waals surface area contributed by atoms with E-state index in [9.17, 15) is 4.79 Å². The Bertz CT molecular complexity index is 437. The first kappa shape index (κ1) is 14.2. The van der Waals surface area contributed by atoms with Crippen molar-refractivity contribution in [3.8, 4) is 6.07 Å². The van der Waals surface area contributed by atoms with Crippen LogP contribution in [0.2, 0.25) is 0 Å². The van der Waals surface area contributed by atoms with Gasteiger partial charge in [-0.05, 0) is 18.1 Å². The van der Waals surface area contributed by atoms with Crippen LogP contribution in [-0.4, -0.2) is 23.9 Å². The highest BCUT2D eigenvalue weighted by Crippen LogP contribution is 2.10. The predicted molar refractivity (Wildman–Crippen MR) is 70.5 cm³/mol. The van der Waals surface area contributed by atoms with Gasteiger partial charge in [0.05, 0.1) is 18.9 Å². The fourth-order valence-electron chi connectivity index (χ4n) is 1.85. The van der Waals surface area contributed by atoms with E-state index in [2.05, 4.69) is 6.07 Å². The van der Waals surface area contributed by atoms with Gasteiger partial charge in [-0.3, -0.25) is 4.79 Å². The topological polar surface area (TPSA) is 70.1 Å². The Kier molecular flexibility index (Phi) is 5.89. The van der Waals surface area contributed by atoms with E-state index >= 15 is 0 Å². The number of likely N-dealkylation sites (N-methyl/N-ethyl adjacent to an activating group) is 1. The molecule has 96 valence electrons. The molecule has 0 aliphatic rings. The Hall–Kier alpha value is -1.86. The molecule has 0 saturated heterocycles. The van der Waals surface area contributed by atoms with Gasteiger partial charge in [0.2, 0.25) is 5.91 Å². The summed E-state index contributed by atoms with van der Waals surface area (Å²) in [5, 5.41) is 8.56. The second kappa shape index (κ2) is 7.46. The maximum atomic E-state index is 12.1. The predicted octanol–water partition coefficient (Wildman–Crippen LogP) is 1.45. The number of amides is 1.